The van der Waals surface area contributed by atoms with E-state index in [1.165, 1.54) is 57.5 Å². The molecule has 3 atom stereocenters. The number of carbonyl (C=O) groups is 6. The third-order valence-corrected chi connectivity index (χ3v) is 7.27. The number of amides is 5. The Bertz CT molecular complexity index is 1480. The summed E-state index contributed by atoms with van der Waals surface area (Å²) in [6.07, 6.45) is -0.157. The van der Waals surface area contributed by atoms with E-state index in [-0.39, 0.29) is 34.6 Å². The standard InChI is InChI=1S/C29H36N6O10/c1-30-20(14-36)27(42)32-12-24(40)34(2)13-25(41)35(3)26-16-5-7-22(38)18(10-16)17-8-15(4-6-21(17)37)9-19(29(44)45)33-23(39)11-31-28(26)43/h4-8,10,19-20,26,30,36-38H,9,11-14H2,1-3H3,(H,31,43)(H,32,42)(H,33,39)(H,44,45). The minimum Gasteiger partial charge on any atom is -0.507 e. The molecule has 2 aromatic rings. The van der Waals surface area contributed by atoms with Crippen molar-refractivity contribution in [2.45, 2.75) is 24.5 Å². The molecule has 16 heteroatoms. The molecule has 0 fully saturated rings. The summed E-state index contributed by atoms with van der Waals surface area (Å²) < 4.78 is 0. The molecule has 242 valence electrons. The van der Waals surface area contributed by atoms with Crippen molar-refractivity contribution in [2.75, 3.05) is 47.4 Å². The van der Waals surface area contributed by atoms with Gasteiger partial charge in [-0.3, -0.25) is 24.0 Å². The third kappa shape index (κ3) is 8.45. The van der Waals surface area contributed by atoms with Crippen LogP contribution in [-0.2, 0) is 35.2 Å². The largest absolute Gasteiger partial charge is 0.507 e. The Labute approximate surface area is 258 Å². The number of phenolic OH excluding ortho intramolecular Hbond substituents is 2. The number of nitrogens with one attached hydrogen (secondary N) is 4. The number of carboxylic acids is 1. The Balaban J connectivity index is 1.94. The Morgan fingerprint density at radius 3 is 2.27 bits per heavy atom. The molecule has 0 radical (unpaired) electrons. The van der Waals surface area contributed by atoms with Gasteiger partial charge in [0, 0.05) is 31.6 Å². The van der Waals surface area contributed by atoms with Crippen molar-refractivity contribution in [2.24, 2.45) is 0 Å². The zero-order valence-electron chi connectivity index (χ0n) is 24.9. The highest BCUT2D eigenvalue weighted by Crippen LogP contribution is 2.38. The summed E-state index contributed by atoms with van der Waals surface area (Å²) in [6.45, 7) is -2.10. The molecule has 0 saturated carbocycles. The van der Waals surface area contributed by atoms with E-state index >= 15 is 0 Å². The van der Waals surface area contributed by atoms with Gasteiger partial charge in [0.2, 0.25) is 29.5 Å². The SMILES string of the molecule is CNC(CO)C(=O)NCC(=O)N(C)CC(=O)N(C)C1C(=O)NCC(=O)NC(C(=O)O)Cc2ccc(O)c(c2)-c2cc1ccc2O. The second kappa shape index (κ2) is 15.0. The molecule has 1 aliphatic heterocycles. The third-order valence-electron chi connectivity index (χ3n) is 7.27. The first-order valence-corrected chi connectivity index (χ1v) is 13.8. The van der Waals surface area contributed by atoms with Crippen molar-refractivity contribution in [1.82, 2.24) is 31.1 Å². The van der Waals surface area contributed by atoms with Crippen LogP contribution in [0.1, 0.15) is 17.2 Å². The summed E-state index contributed by atoms with van der Waals surface area (Å²) in [6, 6.07) is 4.54. The minimum atomic E-state index is -1.41. The fourth-order valence-electron chi connectivity index (χ4n) is 4.63. The van der Waals surface area contributed by atoms with Crippen LogP contribution < -0.4 is 21.3 Å². The lowest BCUT2D eigenvalue weighted by Crippen LogP contribution is -2.51. The van der Waals surface area contributed by atoms with Gasteiger partial charge in [-0.05, 0) is 42.4 Å². The predicted molar refractivity (Wildman–Crippen MR) is 158 cm³/mol. The molecule has 5 amide bonds. The maximum Gasteiger partial charge on any atom is 0.326 e. The molecular formula is C29H36N6O10. The minimum absolute atomic E-state index is 0.0873. The quantitative estimate of drug-likeness (QED) is 0.146. The van der Waals surface area contributed by atoms with Crippen molar-refractivity contribution in [3.05, 3.63) is 47.5 Å². The van der Waals surface area contributed by atoms with Gasteiger partial charge in [-0.2, -0.15) is 0 Å². The normalized spacial score (nSPS) is 17.2. The van der Waals surface area contributed by atoms with Gasteiger partial charge in [-0.1, -0.05) is 12.1 Å². The number of rotatable bonds is 9. The highest BCUT2D eigenvalue weighted by molar-refractivity contribution is 5.94. The van der Waals surface area contributed by atoms with Crippen LogP contribution in [-0.4, -0.2) is 125 Å². The number of hydrogen-bond donors (Lipinski definition) is 8. The summed E-state index contributed by atoms with van der Waals surface area (Å²) in [5.74, 6) is -5.48. The van der Waals surface area contributed by atoms with Gasteiger partial charge in [-0.25, -0.2) is 4.79 Å². The fourth-order valence-corrected chi connectivity index (χ4v) is 4.63. The molecule has 16 nitrogen and oxygen atoms in total. The number of fused-ring (bicyclic) bond motifs is 5. The van der Waals surface area contributed by atoms with Crippen molar-refractivity contribution < 1.29 is 49.2 Å². The molecule has 3 unspecified atom stereocenters. The molecule has 4 bridgehead atoms. The predicted octanol–water partition coefficient (Wildman–Crippen LogP) is -2.34. The molecular weight excluding hydrogens is 592 g/mol. The Hall–Kier alpha value is -5.22. The van der Waals surface area contributed by atoms with Gasteiger partial charge >= 0.3 is 5.97 Å². The number of carboxylic acid groups (broad SMARTS) is 1. The maximum atomic E-state index is 13.5. The average Bonchev–Trinajstić information content (AvgIpc) is 3.00. The van der Waals surface area contributed by atoms with Crippen LogP contribution in [0.25, 0.3) is 11.1 Å². The van der Waals surface area contributed by atoms with E-state index in [1.807, 2.05) is 0 Å². The number of aliphatic carboxylic acids is 1. The zero-order chi connectivity index (χ0) is 33.4. The Morgan fingerprint density at radius 1 is 1.00 bits per heavy atom. The maximum absolute atomic E-state index is 13.5. The lowest BCUT2D eigenvalue weighted by atomic mass is 9.94. The van der Waals surface area contributed by atoms with E-state index in [1.54, 1.807) is 0 Å². The van der Waals surface area contributed by atoms with Crippen LogP contribution in [0.5, 0.6) is 11.5 Å². The second-order valence-corrected chi connectivity index (χ2v) is 10.4. The van der Waals surface area contributed by atoms with E-state index in [0.29, 0.717) is 5.56 Å². The molecule has 1 heterocycles. The van der Waals surface area contributed by atoms with Gasteiger partial charge in [0.25, 0.3) is 0 Å². The van der Waals surface area contributed by atoms with Crippen molar-refractivity contribution in [1.29, 1.82) is 0 Å². The van der Waals surface area contributed by atoms with Crippen LogP contribution in [0.4, 0.5) is 0 Å². The molecule has 0 saturated heterocycles. The van der Waals surface area contributed by atoms with Crippen LogP contribution in [0, 0.1) is 0 Å². The smallest absolute Gasteiger partial charge is 0.326 e. The molecule has 2 aromatic carbocycles. The number of aromatic hydroxyl groups is 2. The number of likely N-dealkylation sites (N-methyl/N-ethyl adjacent to an activating group) is 3. The molecule has 0 aromatic heterocycles. The first-order valence-electron chi connectivity index (χ1n) is 13.8. The topological polar surface area (TPSA) is 238 Å². The Morgan fingerprint density at radius 2 is 1.64 bits per heavy atom. The second-order valence-electron chi connectivity index (χ2n) is 10.4. The van der Waals surface area contributed by atoms with E-state index < -0.39 is 79.9 Å². The number of carbonyl (C=O) groups excluding carboxylic acids is 5. The summed E-state index contributed by atoms with van der Waals surface area (Å²) in [7, 11) is 4.06. The highest BCUT2D eigenvalue weighted by atomic mass is 16.4. The van der Waals surface area contributed by atoms with E-state index in [2.05, 4.69) is 21.3 Å². The van der Waals surface area contributed by atoms with Crippen LogP contribution in [0.3, 0.4) is 0 Å². The molecule has 45 heavy (non-hydrogen) atoms. The van der Waals surface area contributed by atoms with Crippen LogP contribution in [0.15, 0.2) is 36.4 Å². The van der Waals surface area contributed by atoms with Crippen molar-refractivity contribution >= 4 is 35.5 Å². The van der Waals surface area contributed by atoms with Gasteiger partial charge in [0.05, 0.1) is 26.2 Å². The molecule has 3 rings (SSSR count). The van der Waals surface area contributed by atoms with E-state index in [9.17, 15) is 49.2 Å². The first kappa shape index (κ1) is 34.3. The van der Waals surface area contributed by atoms with Crippen molar-refractivity contribution in [3.8, 4) is 22.6 Å². The summed E-state index contributed by atoms with van der Waals surface area (Å²) in [4.78, 5) is 78.0. The summed E-state index contributed by atoms with van der Waals surface area (Å²) in [5, 5.41) is 49.8. The monoisotopic (exact) mass is 628 g/mol. The van der Waals surface area contributed by atoms with Crippen LogP contribution >= 0.6 is 0 Å². The fraction of sp³-hybridized carbons (Fsp3) is 0.379. The van der Waals surface area contributed by atoms with Gasteiger partial charge in [0.15, 0.2) is 0 Å². The summed E-state index contributed by atoms with van der Waals surface area (Å²) >= 11 is 0. The van der Waals surface area contributed by atoms with Gasteiger partial charge < -0.3 is 51.5 Å². The zero-order valence-corrected chi connectivity index (χ0v) is 24.9. The molecule has 0 aliphatic carbocycles. The van der Waals surface area contributed by atoms with E-state index in [0.717, 1.165) is 9.80 Å². The van der Waals surface area contributed by atoms with Crippen LogP contribution in [0.2, 0.25) is 0 Å². The highest BCUT2D eigenvalue weighted by Gasteiger charge is 2.32. The number of benzene rings is 2. The Kier molecular flexibility index (Phi) is 11.4. The van der Waals surface area contributed by atoms with E-state index in [4.69, 9.17) is 0 Å². The summed E-state index contributed by atoms with van der Waals surface area (Å²) in [5.41, 5.74) is 0.808. The number of nitrogens with zero attached hydrogens (tertiary/aromatic N) is 2. The first-order chi connectivity index (χ1) is 21.3. The molecule has 0 spiro atoms. The lowest BCUT2D eigenvalue weighted by Gasteiger charge is -2.30. The number of phenols is 2. The van der Waals surface area contributed by atoms with Gasteiger partial charge in [0.1, 0.15) is 29.6 Å². The average molecular weight is 629 g/mol. The lowest BCUT2D eigenvalue weighted by molar-refractivity contribution is -0.143. The number of aliphatic hydroxyl groups is 1. The van der Waals surface area contributed by atoms with Gasteiger partial charge in [-0.15, -0.1) is 0 Å². The molecule has 1 aliphatic rings. The van der Waals surface area contributed by atoms with Crippen molar-refractivity contribution in [3.63, 3.8) is 0 Å². The number of aliphatic hydroxyl groups excluding tert-OH is 1. The molecule has 8 N–H and O–H groups in total. The number of hydrogen-bond acceptors (Lipinski definition) is 10.